The highest BCUT2D eigenvalue weighted by Gasteiger charge is 2.51. The lowest BCUT2D eigenvalue weighted by Gasteiger charge is -2.53. The van der Waals surface area contributed by atoms with Gasteiger partial charge in [-0.05, 0) is 44.4 Å². The molecule has 4 nitrogen and oxygen atoms in total. The fourth-order valence-corrected chi connectivity index (χ4v) is 3.32. The SMILES string of the molecule is Cc1ccc([C@@]2(O)CN3CC[C@H]2C[C@@H]3CO)o1. The van der Waals surface area contributed by atoms with Gasteiger partial charge >= 0.3 is 0 Å². The normalized spacial score (nSPS) is 40.8. The van der Waals surface area contributed by atoms with E-state index in [0.29, 0.717) is 12.3 Å². The van der Waals surface area contributed by atoms with Crippen LogP contribution in [0.15, 0.2) is 16.5 Å². The van der Waals surface area contributed by atoms with Crippen molar-refractivity contribution in [2.45, 2.75) is 31.4 Å². The molecule has 3 aliphatic heterocycles. The minimum Gasteiger partial charge on any atom is -0.463 e. The highest BCUT2D eigenvalue weighted by molar-refractivity contribution is 5.18. The summed E-state index contributed by atoms with van der Waals surface area (Å²) >= 11 is 0. The molecule has 0 amide bonds. The summed E-state index contributed by atoms with van der Waals surface area (Å²) in [6.07, 6.45) is 1.83. The van der Waals surface area contributed by atoms with Gasteiger partial charge in [-0.2, -0.15) is 0 Å². The van der Waals surface area contributed by atoms with E-state index in [9.17, 15) is 10.2 Å². The van der Waals surface area contributed by atoms with Gasteiger partial charge in [0.1, 0.15) is 17.1 Å². The lowest BCUT2D eigenvalue weighted by atomic mass is 9.71. The van der Waals surface area contributed by atoms with E-state index in [1.165, 1.54) is 0 Å². The summed E-state index contributed by atoms with van der Waals surface area (Å²) in [5.41, 5.74) is -0.863. The minimum absolute atomic E-state index is 0.184. The number of furan rings is 1. The van der Waals surface area contributed by atoms with Crippen molar-refractivity contribution < 1.29 is 14.6 Å². The molecule has 94 valence electrons. The van der Waals surface area contributed by atoms with Crippen molar-refractivity contribution >= 4 is 0 Å². The van der Waals surface area contributed by atoms with Gasteiger partial charge in [0.15, 0.2) is 0 Å². The first-order valence-electron chi connectivity index (χ1n) is 6.27. The number of hydrogen-bond acceptors (Lipinski definition) is 4. The van der Waals surface area contributed by atoms with Crippen LogP contribution in [0.2, 0.25) is 0 Å². The third-order valence-corrected chi connectivity index (χ3v) is 4.34. The molecule has 2 N–H and O–H groups in total. The fraction of sp³-hybridized carbons (Fsp3) is 0.692. The molecular weight excluding hydrogens is 218 g/mol. The van der Waals surface area contributed by atoms with Crippen LogP contribution in [0, 0.1) is 12.8 Å². The number of hydrogen-bond donors (Lipinski definition) is 2. The van der Waals surface area contributed by atoms with Gasteiger partial charge in [-0.25, -0.2) is 0 Å². The largest absolute Gasteiger partial charge is 0.463 e. The lowest BCUT2D eigenvalue weighted by molar-refractivity contribution is -0.154. The van der Waals surface area contributed by atoms with E-state index in [4.69, 9.17) is 4.42 Å². The number of aryl methyl sites for hydroxylation is 1. The van der Waals surface area contributed by atoms with Crippen LogP contribution in [-0.2, 0) is 5.60 Å². The van der Waals surface area contributed by atoms with Crippen LogP contribution in [0.1, 0.15) is 24.4 Å². The van der Waals surface area contributed by atoms with E-state index in [0.717, 1.165) is 25.1 Å². The Morgan fingerprint density at radius 1 is 1.53 bits per heavy atom. The zero-order valence-corrected chi connectivity index (χ0v) is 10.1. The molecule has 4 heteroatoms. The van der Waals surface area contributed by atoms with Crippen LogP contribution in [0.5, 0.6) is 0 Å². The molecule has 1 aromatic rings. The first-order chi connectivity index (χ1) is 8.13. The molecular formula is C13H19NO3. The first-order valence-corrected chi connectivity index (χ1v) is 6.27. The van der Waals surface area contributed by atoms with Crippen LogP contribution in [0.3, 0.4) is 0 Å². The molecule has 1 unspecified atom stereocenters. The second kappa shape index (κ2) is 3.83. The van der Waals surface area contributed by atoms with E-state index >= 15 is 0 Å². The quantitative estimate of drug-likeness (QED) is 0.801. The van der Waals surface area contributed by atoms with Gasteiger partial charge in [0.05, 0.1) is 6.61 Å². The van der Waals surface area contributed by atoms with Gasteiger partial charge in [0.25, 0.3) is 0 Å². The number of aliphatic hydroxyl groups excluding tert-OH is 1. The first kappa shape index (κ1) is 11.3. The second-order valence-corrected chi connectivity index (χ2v) is 5.36. The maximum atomic E-state index is 10.8. The molecule has 0 radical (unpaired) electrons. The predicted octanol–water partition coefficient (Wildman–Crippen LogP) is 0.862. The molecule has 3 saturated heterocycles. The Kier molecular flexibility index (Phi) is 2.54. The van der Waals surface area contributed by atoms with E-state index in [1.54, 1.807) is 0 Å². The maximum absolute atomic E-state index is 10.8. The number of aliphatic hydroxyl groups is 2. The van der Waals surface area contributed by atoms with Crippen molar-refractivity contribution in [3.8, 4) is 0 Å². The number of piperidine rings is 3. The van der Waals surface area contributed by atoms with E-state index in [-0.39, 0.29) is 18.6 Å². The Balaban J connectivity index is 1.90. The average molecular weight is 237 g/mol. The minimum atomic E-state index is -0.863. The third kappa shape index (κ3) is 1.63. The highest BCUT2D eigenvalue weighted by atomic mass is 16.4. The average Bonchev–Trinajstić information content (AvgIpc) is 2.77. The van der Waals surface area contributed by atoms with Gasteiger partial charge in [0.2, 0.25) is 0 Å². The van der Waals surface area contributed by atoms with Crippen molar-refractivity contribution in [2.24, 2.45) is 5.92 Å². The smallest absolute Gasteiger partial charge is 0.138 e. The van der Waals surface area contributed by atoms with Gasteiger partial charge in [-0.1, -0.05) is 0 Å². The summed E-state index contributed by atoms with van der Waals surface area (Å²) in [5, 5.41) is 20.2. The summed E-state index contributed by atoms with van der Waals surface area (Å²) in [6.45, 7) is 3.63. The van der Waals surface area contributed by atoms with Crippen molar-refractivity contribution in [3.63, 3.8) is 0 Å². The standard InChI is InChI=1S/C13H19NO3/c1-9-2-3-12(17-9)13(16)8-14-5-4-10(13)6-11(14)7-15/h2-3,10-11,15-16H,4-8H2,1H3/t10-,11+,13+/m0/s1. The Bertz CT molecular complexity index is 417. The van der Waals surface area contributed by atoms with E-state index < -0.39 is 5.60 Å². The Hall–Kier alpha value is -0.840. The van der Waals surface area contributed by atoms with Crippen LogP contribution in [0.4, 0.5) is 0 Å². The summed E-state index contributed by atoms with van der Waals surface area (Å²) in [6, 6.07) is 3.99. The Labute approximate surface area is 101 Å². The molecule has 3 fully saturated rings. The van der Waals surface area contributed by atoms with Gasteiger partial charge < -0.3 is 14.6 Å². The molecule has 1 aromatic heterocycles. The highest BCUT2D eigenvalue weighted by Crippen LogP contribution is 2.45. The van der Waals surface area contributed by atoms with E-state index in [2.05, 4.69) is 4.90 Å². The monoisotopic (exact) mass is 237 g/mol. The van der Waals surface area contributed by atoms with Crippen molar-refractivity contribution in [1.82, 2.24) is 4.90 Å². The van der Waals surface area contributed by atoms with Crippen LogP contribution in [0.25, 0.3) is 0 Å². The van der Waals surface area contributed by atoms with Gasteiger partial charge in [-0.3, -0.25) is 4.90 Å². The third-order valence-electron chi connectivity index (χ3n) is 4.34. The Morgan fingerprint density at radius 3 is 2.88 bits per heavy atom. The summed E-state index contributed by atoms with van der Waals surface area (Å²) in [7, 11) is 0. The van der Waals surface area contributed by atoms with Gasteiger partial charge in [-0.15, -0.1) is 0 Å². The molecule has 0 aromatic carbocycles. The fourth-order valence-electron chi connectivity index (χ4n) is 3.32. The molecule has 2 bridgehead atoms. The molecule has 0 aliphatic carbocycles. The van der Waals surface area contributed by atoms with Gasteiger partial charge in [0, 0.05) is 12.6 Å². The number of fused-ring (bicyclic) bond motifs is 3. The zero-order valence-electron chi connectivity index (χ0n) is 10.1. The van der Waals surface area contributed by atoms with Crippen LogP contribution >= 0.6 is 0 Å². The topological polar surface area (TPSA) is 56.8 Å². The van der Waals surface area contributed by atoms with Crippen molar-refractivity contribution in [1.29, 1.82) is 0 Å². The predicted molar refractivity (Wildman–Crippen MR) is 62.5 cm³/mol. The Morgan fingerprint density at radius 2 is 2.35 bits per heavy atom. The van der Waals surface area contributed by atoms with Crippen LogP contribution in [-0.4, -0.2) is 40.9 Å². The number of nitrogens with zero attached hydrogens (tertiary/aromatic N) is 1. The van der Waals surface area contributed by atoms with Crippen LogP contribution < -0.4 is 0 Å². The summed E-state index contributed by atoms with van der Waals surface area (Å²) < 4.78 is 5.61. The second-order valence-electron chi connectivity index (χ2n) is 5.36. The molecule has 4 rings (SSSR count). The molecule has 4 heterocycles. The maximum Gasteiger partial charge on any atom is 0.138 e. The molecule has 3 aliphatic rings. The molecule has 0 spiro atoms. The van der Waals surface area contributed by atoms with Crippen molar-refractivity contribution in [3.05, 3.63) is 23.7 Å². The number of rotatable bonds is 2. The lowest BCUT2D eigenvalue weighted by Crippen LogP contribution is -2.61. The summed E-state index contributed by atoms with van der Waals surface area (Å²) in [4.78, 5) is 2.18. The summed E-state index contributed by atoms with van der Waals surface area (Å²) in [5.74, 6) is 1.72. The molecule has 0 saturated carbocycles. The van der Waals surface area contributed by atoms with E-state index in [1.807, 2.05) is 19.1 Å². The molecule has 4 atom stereocenters. The molecule has 17 heavy (non-hydrogen) atoms. The zero-order chi connectivity index (χ0) is 12.0. The van der Waals surface area contributed by atoms with Crippen molar-refractivity contribution in [2.75, 3.05) is 19.7 Å².